The molecule has 0 fully saturated rings. The number of carbonyl (C=O) groups excluding carboxylic acids is 2. The Kier molecular flexibility index (Phi) is 5.78. The van der Waals surface area contributed by atoms with Gasteiger partial charge in [0.15, 0.2) is 11.6 Å². The Balaban J connectivity index is 4.51. The Hall–Kier alpha value is -0.780. The second kappa shape index (κ2) is 6.08. The van der Waals surface area contributed by atoms with Gasteiger partial charge in [-0.2, -0.15) is 0 Å². The minimum absolute atomic E-state index is 0.0101. The summed E-state index contributed by atoms with van der Waals surface area (Å²) in [5.74, 6) is -0.274. The predicted octanol–water partition coefficient (Wildman–Crippen LogP) is -0.565. The van der Waals surface area contributed by atoms with Crippen molar-refractivity contribution in [1.29, 1.82) is 0 Å². The van der Waals surface area contributed by atoms with E-state index in [2.05, 4.69) is 5.32 Å². The lowest BCUT2D eigenvalue weighted by Crippen LogP contribution is -2.53. The number of carbonyl (C=O) groups is 2. The number of Topliss-reactive ketones (excluding diaryl/α,β-unsaturated/α-hetero) is 2. The molecule has 0 saturated heterocycles. The molecule has 0 heterocycles. The molecule has 0 amide bonds. The van der Waals surface area contributed by atoms with E-state index >= 15 is 0 Å². The van der Waals surface area contributed by atoms with Crippen molar-refractivity contribution in [2.75, 3.05) is 27.2 Å². The van der Waals surface area contributed by atoms with Crippen LogP contribution in [0.25, 0.3) is 0 Å². The molecule has 2 N–H and O–H groups in total. The standard InChI is InChI=1S/C11H22N2O3/c1-8(14)9(15)7-13(5)11(2,3)10(16)6-12-4/h8,12,14H,6-7H2,1-5H3. The molecule has 0 spiro atoms. The summed E-state index contributed by atoms with van der Waals surface area (Å²) in [6, 6.07) is 0. The van der Waals surface area contributed by atoms with E-state index in [0.29, 0.717) is 0 Å². The van der Waals surface area contributed by atoms with Crippen molar-refractivity contribution >= 4 is 11.6 Å². The Morgan fingerprint density at radius 1 is 1.44 bits per heavy atom. The highest BCUT2D eigenvalue weighted by Gasteiger charge is 2.32. The summed E-state index contributed by atoms with van der Waals surface area (Å²) in [5.41, 5.74) is -0.715. The van der Waals surface area contributed by atoms with Gasteiger partial charge in [0, 0.05) is 0 Å². The minimum atomic E-state index is -0.988. The zero-order chi connectivity index (χ0) is 12.9. The number of hydrogen-bond acceptors (Lipinski definition) is 5. The van der Waals surface area contributed by atoms with Crippen LogP contribution in [-0.4, -0.2) is 60.4 Å². The van der Waals surface area contributed by atoms with E-state index in [1.807, 2.05) is 0 Å². The first-order valence-corrected chi connectivity index (χ1v) is 5.33. The van der Waals surface area contributed by atoms with Crippen molar-refractivity contribution in [2.24, 2.45) is 0 Å². The van der Waals surface area contributed by atoms with Crippen molar-refractivity contribution in [3.8, 4) is 0 Å². The van der Waals surface area contributed by atoms with Crippen molar-refractivity contribution in [1.82, 2.24) is 10.2 Å². The highest BCUT2D eigenvalue weighted by Crippen LogP contribution is 2.13. The van der Waals surface area contributed by atoms with Crippen molar-refractivity contribution < 1.29 is 14.7 Å². The van der Waals surface area contributed by atoms with Gasteiger partial charge in [-0.1, -0.05) is 0 Å². The molecule has 0 aromatic heterocycles. The van der Waals surface area contributed by atoms with Gasteiger partial charge < -0.3 is 10.4 Å². The van der Waals surface area contributed by atoms with Crippen molar-refractivity contribution in [3.05, 3.63) is 0 Å². The number of nitrogens with one attached hydrogen (secondary N) is 1. The first-order chi connectivity index (χ1) is 7.23. The molecule has 5 heteroatoms. The Morgan fingerprint density at radius 2 is 1.94 bits per heavy atom. The lowest BCUT2D eigenvalue weighted by Gasteiger charge is -2.33. The molecule has 0 aliphatic heterocycles. The van der Waals surface area contributed by atoms with E-state index < -0.39 is 11.6 Å². The Morgan fingerprint density at radius 3 is 2.31 bits per heavy atom. The van der Waals surface area contributed by atoms with Crippen LogP contribution in [0, 0.1) is 0 Å². The number of aliphatic hydroxyl groups is 1. The van der Waals surface area contributed by atoms with Gasteiger partial charge in [0.25, 0.3) is 0 Å². The van der Waals surface area contributed by atoms with Gasteiger partial charge in [0.05, 0.1) is 18.6 Å². The zero-order valence-corrected chi connectivity index (χ0v) is 10.7. The highest BCUT2D eigenvalue weighted by molar-refractivity contribution is 5.90. The summed E-state index contributed by atoms with van der Waals surface area (Å²) in [6.07, 6.45) is -0.988. The number of ketones is 2. The number of hydrogen-bond donors (Lipinski definition) is 2. The van der Waals surface area contributed by atoms with Crippen LogP contribution in [0.1, 0.15) is 20.8 Å². The van der Waals surface area contributed by atoms with Crippen LogP contribution in [0.15, 0.2) is 0 Å². The second-order valence-corrected chi connectivity index (χ2v) is 4.51. The van der Waals surface area contributed by atoms with E-state index in [0.717, 1.165) is 0 Å². The predicted molar refractivity (Wildman–Crippen MR) is 62.3 cm³/mol. The van der Waals surface area contributed by atoms with Gasteiger partial charge in [-0.25, -0.2) is 0 Å². The van der Waals surface area contributed by atoms with Gasteiger partial charge in [-0.05, 0) is 34.9 Å². The third kappa shape index (κ3) is 4.00. The smallest absolute Gasteiger partial charge is 0.174 e. The first kappa shape index (κ1) is 15.2. The van der Waals surface area contributed by atoms with Gasteiger partial charge in [-0.3, -0.25) is 14.5 Å². The van der Waals surface area contributed by atoms with Gasteiger partial charge in [-0.15, -0.1) is 0 Å². The number of likely N-dealkylation sites (N-methyl/N-ethyl adjacent to an activating group) is 2. The lowest BCUT2D eigenvalue weighted by molar-refractivity contribution is -0.132. The van der Waals surface area contributed by atoms with Crippen LogP contribution >= 0.6 is 0 Å². The molecule has 0 rings (SSSR count). The van der Waals surface area contributed by atoms with Crippen LogP contribution in [0.5, 0.6) is 0 Å². The quantitative estimate of drug-likeness (QED) is 0.613. The SMILES string of the molecule is CNCC(=O)C(C)(C)N(C)CC(=O)C(C)O. The molecule has 94 valence electrons. The molecule has 0 radical (unpaired) electrons. The maximum absolute atomic E-state index is 11.8. The van der Waals surface area contributed by atoms with E-state index in [-0.39, 0.29) is 24.7 Å². The van der Waals surface area contributed by atoms with Gasteiger partial charge in [0.2, 0.25) is 0 Å². The largest absolute Gasteiger partial charge is 0.386 e. The normalized spacial score (nSPS) is 13.9. The van der Waals surface area contributed by atoms with Crippen molar-refractivity contribution in [2.45, 2.75) is 32.4 Å². The summed E-state index contributed by atoms with van der Waals surface area (Å²) in [7, 11) is 3.41. The van der Waals surface area contributed by atoms with E-state index in [1.165, 1.54) is 6.92 Å². The molecule has 16 heavy (non-hydrogen) atoms. The fourth-order valence-electron chi connectivity index (χ4n) is 1.15. The zero-order valence-electron chi connectivity index (χ0n) is 10.7. The molecule has 0 aliphatic carbocycles. The topological polar surface area (TPSA) is 69.6 Å². The molecule has 5 nitrogen and oxygen atoms in total. The monoisotopic (exact) mass is 230 g/mol. The van der Waals surface area contributed by atoms with Gasteiger partial charge >= 0.3 is 0 Å². The summed E-state index contributed by atoms with van der Waals surface area (Å²) in [4.78, 5) is 24.8. The average Bonchev–Trinajstić information content (AvgIpc) is 2.17. The number of nitrogens with zero attached hydrogens (tertiary/aromatic N) is 1. The lowest BCUT2D eigenvalue weighted by atomic mass is 9.96. The maximum atomic E-state index is 11.8. The van der Waals surface area contributed by atoms with E-state index in [4.69, 9.17) is 5.11 Å². The second-order valence-electron chi connectivity index (χ2n) is 4.51. The molecule has 0 aromatic rings. The first-order valence-electron chi connectivity index (χ1n) is 5.33. The number of rotatable bonds is 7. The van der Waals surface area contributed by atoms with Crippen LogP contribution in [0.4, 0.5) is 0 Å². The minimum Gasteiger partial charge on any atom is -0.386 e. The summed E-state index contributed by atoms with van der Waals surface area (Å²) in [6.45, 7) is 5.29. The van der Waals surface area contributed by atoms with Crippen LogP contribution < -0.4 is 5.32 Å². The highest BCUT2D eigenvalue weighted by atomic mass is 16.3. The van der Waals surface area contributed by atoms with Gasteiger partial charge in [0.1, 0.15) is 6.10 Å². The summed E-state index contributed by atoms with van der Waals surface area (Å²) < 4.78 is 0. The molecule has 0 aliphatic rings. The fourth-order valence-corrected chi connectivity index (χ4v) is 1.15. The molecule has 0 saturated carbocycles. The Labute approximate surface area is 96.8 Å². The summed E-state index contributed by atoms with van der Waals surface area (Å²) in [5, 5.41) is 11.9. The molecule has 1 atom stereocenters. The Bertz CT molecular complexity index is 262. The fraction of sp³-hybridized carbons (Fsp3) is 0.818. The average molecular weight is 230 g/mol. The third-order valence-corrected chi connectivity index (χ3v) is 2.83. The van der Waals surface area contributed by atoms with Crippen LogP contribution in [-0.2, 0) is 9.59 Å². The summed E-state index contributed by atoms with van der Waals surface area (Å²) >= 11 is 0. The van der Waals surface area contributed by atoms with Crippen LogP contribution in [0.2, 0.25) is 0 Å². The van der Waals surface area contributed by atoms with Crippen LogP contribution in [0.3, 0.4) is 0 Å². The third-order valence-electron chi connectivity index (χ3n) is 2.83. The maximum Gasteiger partial charge on any atom is 0.174 e. The molecule has 0 bridgehead atoms. The van der Waals surface area contributed by atoms with Crippen molar-refractivity contribution in [3.63, 3.8) is 0 Å². The van der Waals surface area contributed by atoms with E-state index in [1.54, 1.807) is 32.8 Å². The number of aliphatic hydroxyl groups excluding tert-OH is 1. The molecular formula is C11H22N2O3. The molecule has 0 aromatic carbocycles. The molecule has 1 unspecified atom stereocenters. The molecular weight excluding hydrogens is 208 g/mol. The van der Waals surface area contributed by atoms with E-state index in [9.17, 15) is 9.59 Å².